The Hall–Kier alpha value is -4.36. The second kappa shape index (κ2) is 13.3. The number of methoxy groups -OCH3 is 1. The van der Waals surface area contributed by atoms with E-state index in [0.717, 1.165) is 33.2 Å². The lowest BCUT2D eigenvalue weighted by Gasteiger charge is -2.39. The van der Waals surface area contributed by atoms with Crippen molar-refractivity contribution in [1.82, 2.24) is 4.90 Å². The average Bonchev–Trinajstić information content (AvgIpc) is 3.01. The monoisotopic (exact) mass is 581 g/mol. The first kappa shape index (κ1) is 30.1. The number of rotatable bonds is 8. The molecular weight excluding hydrogens is 542 g/mol. The molecule has 0 aromatic heterocycles. The fraction of sp³-hybridized carbons (Fsp3) is 0.333. The summed E-state index contributed by atoms with van der Waals surface area (Å²) in [6.07, 6.45) is -0.0167. The molecule has 4 aromatic rings. The van der Waals surface area contributed by atoms with E-state index in [1.807, 2.05) is 87.5 Å². The zero-order chi connectivity index (χ0) is 30.4. The van der Waals surface area contributed by atoms with E-state index in [2.05, 4.69) is 18.2 Å². The van der Waals surface area contributed by atoms with Crippen molar-refractivity contribution >= 4 is 22.8 Å². The fourth-order valence-corrected chi connectivity index (χ4v) is 5.45. The third-order valence-electron chi connectivity index (χ3n) is 7.53. The van der Waals surface area contributed by atoms with Gasteiger partial charge in [0.25, 0.3) is 0 Å². The van der Waals surface area contributed by atoms with Crippen molar-refractivity contribution in [1.29, 1.82) is 0 Å². The molecule has 1 saturated heterocycles. The molecule has 1 aliphatic rings. The van der Waals surface area contributed by atoms with E-state index < -0.39 is 5.60 Å². The van der Waals surface area contributed by atoms with Crippen LogP contribution in [0.5, 0.6) is 5.75 Å². The number of hydrogen-bond donors (Lipinski definition) is 0. The first-order valence-corrected chi connectivity index (χ1v) is 14.7. The molecule has 0 spiro atoms. The summed E-state index contributed by atoms with van der Waals surface area (Å²) in [5.41, 5.74) is 2.93. The molecule has 5 rings (SSSR count). The second-order valence-electron chi connectivity index (χ2n) is 11.9. The summed E-state index contributed by atoms with van der Waals surface area (Å²) in [5, 5.41) is 2.10. The number of carbonyl (C=O) groups is 2. The van der Waals surface area contributed by atoms with Crippen molar-refractivity contribution in [3.8, 4) is 5.75 Å². The summed E-state index contributed by atoms with van der Waals surface area (Å²) in [6, 6.07) is 29.9. The third kappa shape index (κ3) is 7.73. The summed E-state index contributed by atoms with van der Waals surface area (Å²) in [6.45, 7) is 7.26. The van der Waals surface area contributed by atoms with Crippen LogP contribution >= 0.6 is 0 Å². The SMILES string of the molecule is COC(=O)c1cccc(C2CCN(C(=O)OC(C)(C)C)CC2OCc2cc(OCc3ccccc3)c3ccccc3c2)c1. The highest BCUT2D eigenvalue weighted by Crippen LogP contribution is 2.34. The van der Waals surface area contributed by atoms with Gasteiger partial charge in [-0.05, 0) is 73.5 Å². The van der Waals surface area contributed by atoms with E-state index in [4.69, 9.17) is 18.9 Å². The molecule has 0 aliphatic carbocycles. The molecule has 0 radical (unpaired) electrons. The van der Waals surface area contributed by atoms with Gasteiger partial charge in [0, 0.05) is 17.8 Å². The van der Waals surface area contributed by atoms with Gasteiger partial charge in [0.2, 0.25) is 0 Å². The van der Waals surface area contributed by atoms with Crippen molar-refractivity contribution in [2.24, 2.45) is 0 Å². The van der Waals surface area contributed by atoms with Crippen LogP contribution in [-0.2, 0) is 27.4 Å². The van der Waals surface area contributed by atoms with E-state index in [9.17, 15) is 9.59 Å². The van der Waals surface area contributed by atoms with Crippen LogP contribution in [0.15, 0.2) is 91.0 Å². The number of piperidine rings is 1. The van der Waals surface area contributed by atoms with Crippen molar-refractivity contribution in [2.75, 3.05) is 20.2 Å². The van der Waals surface area contributed by atoms with E-state index >= 15 is 0 Å². The van der Waals surface area contributed by atoms with Crippen LogP contribution in [0, 0.1) is 0 Å². The Balaban J connectivity index is 1.39. The number of amides is 1. The van der Waals surface area contributed by atoms with E-state index in [-0.39, 0.29) is 24.1 Å². The highest BCUT2D eigenvalue weighted by atomic mass is 16.6. The van der Waals surface area contributed by atoms with Gasteiger partial charge < -0.3 is 23.8 Å². The Bertz CT molecular complexity index is 1560. The Labute approximate surface area is 253 Å². The summed E-state index contributed by atoms with van der Waals surface area (Å²) in [5.74, 6) is 0.379. The van der Waals surface area contributed by atoms with Crippen LogP contribution < -0.4 is 4.74 Å². The first-order chi connectivity index (χ1) is 20.7. The molecule has 224 valence electrons. The van der Waals surface area contributed by atoms with Gasteiger partial charge in [-0.25, -0.2) is 9.59 Å². The molecule has 2 atom stereocenters. The predicted molar refractivity (Wildman–Crippen MR) is 166 cm³/mol. The van der Waals surface area contributed by atoms with Crippen molar-refractivity contribution in [3.63, 3.8) is 0 Å². The molecule has 1 amide bonds. The smallest absolute Gasteiger partial charge is 0.410 e. The lowest BCUT2D eigenvalue weighted by molar-refractivity contribution is -0.0359. The second-order valence-corrected chi connectivity index (χ2v) is 11.9. The lowest BCUT2D eigenvalue weighted by Crippen LogP contribution is -2.48. The van der Waals surface area contributed by atoms with Gasteiger partial charge in [-0.1, -0.05) is 66.7 Å². The Morgan fingerprint density at radius 3 is 2.40 bits per heavy atom. The number of esters is 1. The molecule has 7 heteroatoms. The summed E-state index contributed by atoms with van der Waals surface area (Å²) >= 11 is 0. The number of nitrogens with zero attached hydrogens (tertiary/aromatic N) is 1. The Morgan fingerprint density at radius 1 is 0.860 bits per heavy atom. The zero-order valence-corrected chi connectivity index (χ0v) is 25.2. The van der Waals surface area contributed by atoms with Crippen LogP contribution in [-0.4, -0.2) is 48.9 Å². The normalized spacial score (nSPS) is 17.0. The van der Waals surface area contributed by atoms with E-state index in [1.165, 1.54) is 7.11 Å². The van der Waals surface area contributed by atoms with Crippen molar-refractivity contribution in [3.05, 3.63) is 113 Å². The minimum atomic E-state index is -0.597. The predicted octanol–water partition coefficient (Wildman–Crippen LogP) is 7.52. The highest BCUT2D eigenvalue weighted by Gasteiger charge is 2.35. The molecule has 43 heavy (non-hydrogen) atoms. The number of carbonyl (C=O) groups excluding carboxylic acids is 2. The van der Waals surface area contributed by atoms with Crippen LogP contribution in [0.1, 0.15) is 60.2 Å². The summed E-state index contributed by atoms with van der Waals surface area (Å²) in [7, 11) is 1.38. The minimum Gasteiger partial charge on any atom is -0.488 e. The molecule has 2 unspecified atom stereocenters. The largest absolute Gasteiger partial charge is 0.488 e. The zero-order valence-electron chi connectivity index (χ0n) is 25.2. The van der Waals surface area contributed by atoms with Crippen molar-refractivity contribution < 1.29 is 28.5 Å². The van der Waals surface area contributed by atoms with Crippen LogP contribution in [0.25, 0.3) is 10.8 Å². The van der Waals surface area contributed by atoms with Gasteiger partial charge in [0.15, 0.2) is 0 Å². The molecule has 1 heterocycles. The number of fused-ring (bicyclic) bond motifs is 1. The van der Waals surface area contributed by atoms with Gasteiger partial charge >= 0.3 is 12.1 Å². The molecule has 0 bridgehead atoms. The minimum absolute atomic E-state index is 0.0300. The van der Waals surface area contributed by atoms with Crippen molar-refractivity contribution in [2.45, 2.75) is 58.0 Å². The number of ether oxygens (including phenoxy) is 4. The molecular formula is C36H39NO6. The standard InChI is InChI=1S/C36H39NO6/c1-36(2,3)43-35(39)37-18-17-31(28-14-10-15-29(21-28)34(38)40-4)33(22-37)42-24-26-19-27-13-8-9-16-30(27)32(20-26)41-23-25-11-6-5-7-12-25/h5-16,19-21,31,33H,17-18,22-24H2,1-4H3. The fourth-order valence-electron chi connectivity index (χ4n) is 5.45. The number of benzene rings is 4. The molecule has 7 nitrogen and oxygen atoms in total. The maximum atomic E-state index is 13.0. The average molecular weight is 582 g/mol. The molecule has 1 aliphatic heterocycles. The van der Waals surface area contributed by atoms with E-state index in [1.54, 1.807) is 11.0 Å². The van der Waals surface area contributed by atoms with Crippen LogP contribution in [0.2, 0.25) is 0 Å². The topological polar surface area (TPSA) is 74.3 Å². The van der Waals surface area contributed by atoms with Crippen LogP contribution in [0.3, 0.4) is 0 Å². The molecule has 1 fully saturated rings. The van der Waals surface area contributed by atoms with Gasteiger partial charge in [-0.15, -0.1) is 0 Å². The van der Waals surface area contributed by atoms with Gasteiger partial charge in [0.05, 0.1) is 31.9 Å². The maximum absolute atomic E-state index is 13.0. The van der Waals surface area contributed by atoms with E-state index in [0.29, 0.717) is 38.3 Å². The highest BCUT2D eigenvalue weighted by molar-refractivity contribution is 5.90. The third-order valence-corrected chi connectivity index (χ3v) is 7.53. The first-order valence-electron chi connectivity index (χ1n) is 14.7. The number of likely N-dealkylation sites (tertiary alicyclic amines) is 1. The molecule has 4 aromatic carbocycles. The number of hydrogen-bond acceptors (Lipinski definition) is 6. The van der Waals surface area contributed by atoms with Gasteiger partial charge in [-0.3, -0.25) is 0 Å². The Kier molecular flexibility index (Phi) is 9.31. The molecule has 0 saturated carbocycles. The van der Waals surface area contributed by atoms with Crippen LogP contribution in [0.4, 0.5) is 4.79 Å². The lowest BCUT2D eigenvalue weighted by atomic mass is 9.86. The van der Waals surface area contributed by atoms with Gasteiger partial charge in [0.1, 0.15) is 18.0 Å². The molecule has 0 N–H and O–H groups in total. The summed E-state index contributed by atoms with van der Waals surface area (Å²) in [4.78, 5) is 27.0. The maximum Gasteiger partial charge on any atom is 0.410 e. The summed E-state index contributed by atoms with van der Waals surface area (Å²) < 4.78 is 23.5. The van der Waals surface area contributed by atoms with Gasteiger partial charge in [-0.2, -0.15) is 0 Å². The quantitative estimate of drug-likeness (QED) is 0.201. The Morgan fingerprint density at radius 2 is 1.63 bits per heavy atom.